The van der Waals surface area contributed by atoms with Crippen molar-refractivity contribution >= 4 is 30.1 Å². The predicted octanol–water partition coefficient (Wildman–Crippen LogP) is 4.06. The highest BCUT2D eigenvalue weighted by atomic mass is 32.7. The van der Waals surface area contributed by atoms with Crippen molar-refractivity contribution in [1.82, 2.24) is 9.76 Å². The van der Waals surface area contributed by atoms with E-state index in [0.29, 0.717) is 0 Å². The maximum atomic E-state index is 12.6. The van der Waals surface area contributed by atoms with Gasteiger partial charge in [0, 0.05) is 12.8 Å². The van der Waals surface area contributed by atoms with Crippen LogP contribution in [0.15, 0.2) is 29.3 Å². The van der Waals surface area contributed by atoms with Gasteiger partial charge in [-0.2, -0.15) is 0 Å². The first-order valence-electron chi connectivity index (χ1n) is 6.30. The first-order chi connectivity index (χ1) is 9.03. The van der Waals surface area contributed by atoms with Crippen molar-refractivity contribution in [3.05, 3.63) is 29.8 Å². The van der Waals surface area contributed by atoms with Crippen molar-refractivity contribution in [2.24, 2.45) is 4.99 Å². The fourth-order valence-corrected chi connectivity index (χ4v) is 5.05. The topological polar surface area (TPSA) is 44.7 Å². The Morgan fingerprint density at radius 2 is 2.16 bits per heavy atom. The van der Waals surface area contributed by atoms with Crippen molar-refractivity contribution in [2.45, 2.75) is 20.3 Å². The summed E-state index contributed by atoms with van der Waals surface area (Å²) in [4.78, 5) is 4.40. The highest BCUT2D eigenvalue weighted by Crippen LogP contribution is 2.56. The summed E-state index contributed by atoms with van der Waals surface area (Å²) in [6, 6.07) is 7.89. The van der Waals surface area contributed by atoms with Gasteiger partial charge in [-0.25, -0.2) is 10.1 Å². The van der Waals surface area contributed by atoms with E-state index in [1.165, 1.54) is 11.4 Å². The number of benzene rings is 1. The van der Waals surface area contributed by atoms with Crippen LogP contribution < -0.4 is 5.09 Å². The number of hydrogen-bond acceptors (Lipinski definition) is 3. The van der Waals surface area contributed by atoms with E-state index in [0.717, 1.165) is 23.4 Å². The zero-order chi connectivity index (χ0) is 14.3. The van der Waals surface area contributed by atoms with Gasteiger partial charge >= 0.3 is 0 Å². The van der Waals surface area contributed by atoms with Crippen LogP contribution in [0.25, 0.3) is 0 Å². The Labute approximate surface area is 119 Å². The summed E-state index contributed by atoms with van der Waals surface area (Å²) in [7, 11) is 3.52. The summed E-state index contributed by atoms with van der Waals surface area (Å²) in [6.45, 7) is 1.48. The number of aryl methyl sites for hydroxylation is 1. The van der Waals surface area contributed by atoms with Gasteiger partial charge < -0.3 is 0 Å². The quantitative estimate of drug-likeness (QED) is 0.468. The summed E-state index contributed by atoms with van der Waals surface area (Å²) < 4.78 is 14.3. The summed E-state index contributed by atoms with van der Waals surface area (Å²) in [6.07, 6.45) is 2.64. The van der Waals surface area contributed by atoms with E-state index in [2.05, 4.69) is 17.0 Å². The molecule has 0 radical (unpaired) electrons. The fraction of sp³-hybridized carbons (Fsp3) is 0.462. The van der Waals surface area contributed by atoms with Crippen molar-refractivity contribution in [1.29, 1.82) is 0 Å². The van der Waals surface area contributed by atoms with Crippen LogP contribution in [-0.2, 0) is 4.57 Å². The molecule has 0 spiro atoms. The maximum absolute atomic E-state index is 12.6. The Bertz CT molecular complexity index is 479. The molecule has 1 aromatic rings. The first kappa shape index (κ1) is 16.3. The van der Waals surface area contributed by atoms with Crippen LogP contribution in [-0.4, -0.2) is 30.9 Å². The summed E-state index contributed by atoms with van der Waals surface area (Å²) in [5.74, 6) is 0.862. The number of aliphatic imine (C=N–C) groups is 1. The van der Waals surface area contributed by atoms with Gasteiger partial charge in [0.05, 0.1) is 12.0 Å². The largest absolute Gasteiger partial charge is 0.297 e. The van der Waals surface area contributed by atoms with Crippen LogP contribution >= 0.6 is 18.0 Å². The van der Waals surface area contributed by atoms with Crippen molar-refractivity contribution < 1.29 is 4.57 Å². The smallest absolute Gasteiger partial charge is 0.292 e. The van der Waals surface area contributed by atoms with Gasteiger partial charge in [-0.15, -0.1) is 0 Å². The van der Waals surface area contributed by atoms with E-state index in [1.54, 1.807) is 25.1 Å². The average molecular weight is 299 g/mol. The fourth-order valence-electron chi connectivity index (χ4n) is 1.45. The van der Waals surface area contributed by atoms with Gasteiger partial charge in [-0.05, 0) is 32.0 Å². The lowest BCUT2D eigenvalue weighted by Crippen LogP contribution is -2.19. The molecule has 106 valence electrons. The Balaban J connectivity index is 2.80. The van der Waals surface area contributed by atoms with Gasteiger partial charge in [0.1, 0.15) is 0 Å². The summed E-state index contributed by atoms with van der Waals surface area (Å²) in [5, 5.41) is 2.92. The molecule has 1 N–H and O–H groups in total. The highest BCUT2D eigenvalue weighted by Gasteiger charge is 2.24. The summed E-state index contributed by atoms with van der Waals surface area (Å²) >= 11 is 1.45. The predicted molar refractivity (Wildman–Crippen MR) is 86.5 cm³/mol. The monoisotopic (exact) mass is 299 g/mol. The molecule has 0 amide bonds. The normalized spacial score (nSPS) is 14.5. The lowest BCUT2D eigenvalue weighted by molar-refractivity contribution is 0.551. The molecule has 0 heterocycles. The molecule has 1 rings (SSSR count). The SMILES string of the molecule is CCCSP(=O)(NC)N(C)C=Nc1ccccc1C. The zero-order valence-electron chi connectivity index (χ0n) is 12.0. The van der Waals surface area contributed by atoms with Gasteiger partial charge in [0.2, 0.25) is 0 Å². The second kappa shape index (κ2) is 7.73. The molecule has 19 heavy (non-hydrogen) atoms. The second-order valence-corrected chi connectivity index (χ2v) is 9.23. The molecule has 6 heteroatoms. The van der Waals surface area contributed by atoms with E-state index >= 15 is 0 Å². The van der Waals surface area contributed by atoms with E-state index < -0.39 is 6.65 Å². The Hall–Kier alpha value is -0.770. The van der Waals surface area contributed by atoms with Crippen molar-refractivity contribution in [3.8, 4) is 0 Å². The number of nitrogens with one attached hydrogen (secondary N) is 1. The molecule has 0 fully saturated rings. The number of rotatable bonds is 7. The second-order valence-electron chi connectivity index (χ2n) is 4.18. The molecule has 0 bridgehead atoms. The van der Waals surface area contributed by atoms with Crippen LogP contribution in [0, 0.1) is 6.92 Å². The molecule has 1 unspecified atom stereocenters. The van der Waals surface area contributed by atoms with Crippen LogP contribution in [0.2, 0.25) is 0 Å². The van der Waals surface area contributed by atoms with Crippen LogP contribution in [0.1, 0.15) is 18.9 Å². The molecular formula is C13H22N3OPS. The molecule has 1 atom stereocenters. The van der Waals surface area contributed by atoms with Gasteiger partial charge in [-0.3, -0.25) is 9.24 Å². The molecule has 0 aliphatic rings. The lowest BCUT2D eigenvalue weighted by atomic mass is 10.2. The van der Waals surface area contributed by atoms with Crippen molar-refractivity contribution in [2.75, 3.05) is 19.8 Å². The van der Waals surface area contributed by atoms with Gasteiger partial charge in [-0.1, -0.05) is 36.5 Å². The van der Waals surface area contributed by atoms with E-state index in [9.17, 15) is 4.57 Å². The minimum absolute atomic E-state index is 0.862. The molecule has 0 saturated heterocycles. The molecule has 0 aromatic heterocycles. The third-order valence-electron chi connectivity index (χ3n) is 2.65. The maximum Gasteiger partial charge on any atom is 0.292 e. The zero-order valence-corrected chi connectivity index (χ0v) is 13.7. The van der Waals surface area contributed by atoms with E-state index in [-0.39, 0.29) is 0 Å². The van der Waals surface area contributed by atoms with Gasteiger partial charge in [0.15, 0.2) is 0 Å². The molecule has 0 saturated carbocycles. The standard InChI is InChI=1S/C13H22N3OPS/c1-5-10-19-18(17,14-3)16(4)11-15-13-9-7-6-8-12(13)2/h6-9,11H,5,10H2,1-4H3,(H,14,17). The molecule has 4 nitrogen and oxygen atoms in total. The van der Waals surface area contributed by atoms with E-state index in [4.69, 9.17) is 0 Å². The number of nitrogens with zero attached hydrogens (tertiary/aromatic N) is 2. The molecule has 1 aromatic carbocycles. The Morgan fingerprint density at radius 1 is 1.47 bits per heavy atom. The third-order valence-corrected chi connectivity index (χ3v) is 8.01. The lowest BCUT2D eigenvalue weighted by Gasteiger charge is -2.24. The molecule has 0 aliphatic carbocycles. The van der Waals surface area contributed by atoms with E-state index in [1.807, 2.05) is 31.2 Å². The van der Waals surface area contributed by atoms with Crippen molar-refractivity contribution in [3.63, 3.8) is 0 Å². The molecular weight excluding hydrogens is 277 g/mol. The minimum atomic E-state index is -2.61. The van der Waals surface area contributed by atoms with Crippen LogP contribution in [0.3, 0.4) is 0 Å². The Kier molecular flexibility index (Phi) is 6.63. The first-order valence-corrected chi connectivity index (χ1v) is 9.55. The van der Waals surface area contributed by atoms with Gasteiger partial charge in [0.25, 0.3) is 6.65 Å². The van der Waals surface area contributed by atoms with Crippen LogP contribution in [0.5, 0.6) is 0 Å². The summed E-state index contributed by atoms with van der Waals surface area (Å²) in [5.41, 5.74) is 2.00. The minimum Gasteiger partial charge on any atom is -0.297 e. The average Bonchev–Trinajstić information content (AvgIpc) is 2.43. The third kappa shape index (κ3) is 4.68. The van der Waals surface area contributed by atoms with Crippen LogP contribution in [0.4, 0.5) is 5.69 Å². The number of hydrogen-bond donors (Lipinski definition) is 1. The Morgan fingerprint density at radius 3 is 2.74 bits per heavy atom. The molecule has 0 aliphatic heterocycles. The highest BCUT2D eigenvalue weighted by molar-refractivity contribution is 8.56. The number of para-hydroxylation sites is 1.